The van der Waals surface area contributed by atoms with Crippen LogP contribution in [0.1, 0.15) is 79.6 Å². The molecule has 1 aromatic carbocycles. The van der Waals surface area contributed by atoms with Crippen molar-refractivity contribution in [2.75, 3.05) is 13.7 Å². The second-order valence-electron chi connectivity index (χ2n) is 11.0. The van der Waals surface area contributed by atoms with Crippen LogP contribution in [0.3, 0.4) is 0 Å². The monoisotopic (exact) mass is 427 g/mol. The highest BCUT2D eigenvalue weighted by atomic mass is 19.1. The van der Waals surface area contributed by atoms with E-state index in [9.17, 15) is 14.7 Å². The Labute approximate surface area is 181 Å². The number of halogens is 1. The Morgan fingerprint density at radius 3 is 2.42 bits per heavy atom. The molecule has 0 spiro atoms. The molecular weight excluding hydrogens is 397 g/mol. The Morgan fingerprint density at radius 2 is 1.84 bits per heavy atom. The van der Waals surface area contributed by atoms with E-state index in [4.69, 9.17) is 4.74 Å². The largest absolute Gasteiger partial charge is 0.493 e. The zero-order valence-corrected chi connectivity index (χ0v) is 18.0. The van der Waals surface area contributed by atoms with E-state index >= 15 is 4.39 Å². The summed E-state index contributed by atoms with van der Waals surface area (Å²) in [6.07, 6.45) is 9.38. The lowest BCUT2D eigenvalue weighted by Gasteiger charge is -2.33. The van der Waals surface area contributed by atoms with Crippen molar-refractivity contribution < 1.29 is 23.8 Å². The van der Waals surface area contributed by atoms with Gasteiger partial charge >= 0.3 is 5.97 Å². The Kier molecular flexibility index (Phi) is 4.07. The van der Waals surface area contributed by atoms with Crippen molar-refractivity contribution in [1.82, 2.24) is 4.90 Å². The summed E-state index contributed by atoms with van der Waals surface area (Å²) in [5.41, 5.74) is -0.0478. The summed E-state index contributed by atoms with van der Waals surface area (Å²) in [6.45, 7) is 0.652. The van der Waals surface area contributed by atoms with Crippen LogP contribution in [-0.4, -0.2) is 41.1 Å². The van der Waals surface area contributed by atoms with Crippen molar-refractivity contribution in [3.63, 3.8) is 0 Å². The number of rotatable bonds is 7. The first-order chi connectivity index (χ1) is 14.8. The summed E-state index contributed by atoms with van der Waals surface area (Å²) < 4.78 is 21.4. The molecule has 0 saturated heterocycles. The zero-order valence-electron chi connectivity index (χ0n) is 18.0. The van der Waals surface area contributed by atoms with Crippen molar-refractivity contribution in [3.8, 4) is 5.75 Å². The molecule has 2 atom stereocenters. The fraction of sp³-hybridized carbons (Fsp3) is 0.680. The van der Waals surface area contributed by atoms with Gasteiger partial charge in [-0.3, -0.25) is 4.79 Å². The average Bonchev–Trinajstić information content (AvgIpc) is 3.64. The first kappa shape index (κ1) is 19.6. The Hall–Kier alpha value is -2.11. The third kappa shape index (κ3) is 2.93. The number of benzene rings is 1. The summed E-state index contributed by atoms with van der Waals surface area (Å²) in [7, 11) is 1.47. The first-order valence-corrected chi connectivity index (χ1v) is 11.8. The Bertz CT molecular complexity index is 953. The summed E-state index contributed by atoms with van der Waals surface area (Å²) in [5.74, 6) is 1.13. The normalized spacial score (nSPS) is 34.1. The van der Waals surface area contributed by atoms with Gasteiger partial charge in [-0.05, 0) is 93.1 Å². The molecule has 6 aliphatic rings. The number of hydrogen-bond acceptors (Lipinski definition) is 3. The molecule has 166 valence electrons. The standard InChI is InChI=1S/C25H30FNO4/c1-27(25(4-5-25)23(29)30)22(28)19-9-18(16-2-3-16)21(10-20(19)26)31-13-24-11-14-6-15(12-24)8-17(24)7-14/h9-10,14-17H,2-8,11-13H2,1H3,(H,29,30). The minimum absolute atomic E-state index is 0.0386. The van der Waals surface area contributed by atoms with E-state index in [0.29, 0.717) is 31.1 Å². The number of hydrogen-bond donors (Lipinski definition) is 1. The predicted octanol–water partition coefficient (Wildman–Crippen LogP) is 4.60. The van der Waals surface area contributed by atoms with Crippen LogP contribution in [0.15, 0.2) is 12.1 Å². The molecule has 4 bridgehead atoms. The SMILES string of the molecule is CN(C(=O)c1cc(C2CC2)c(OCC23CC4CC(CC2C4)C3)cc1F)C1(C(=O)O)CC1. The second kappa shape index (κ2) is 6.46. The first-order valence-electron chi connectivity index (χ1n) is 11.8. The van der Waals surface area contributed by atoms with Crippen molar-refractivity contribution in [2.45, 2.75) is 69.2 Å². The van der Waals surface area contributed by atoms with E-state index in [1.54, 1.807) is 6.07 Å². The fourth-order valence-corrected chi connectivity index (χ4v) is 7.18. The van der Waals surface area contributed by atoms with Gasteiger partial charge in [0.25, 0.3) is 5.91 Å². The molecule has 0 radical (unpaired) electrons. The van der Waals surface area contributed by atoms with E-state index in [2.05, 4.69) is 0 Å². The number of nitrogens with zero attached hydrogens (tertiary/aromatic N) is 1. The lowest BCUT2D eigenvalue weighted by Crippen LogP contribution is -2.44. The molecule has 1 amide bonds. The van der Waals surface area contributed by atoms with Crippen molar-refractivity contribution in [1.29, 1.82) is 0 Å². The van der Waals surface area contributed by atoms with Crippen LogP contribution in [-0.2, 0) is 4.79 Å². The lowest BCUT2D eigenvalue weighted by molar-refractivity contribution is -0.143. The van der Waals surface area contributed by atoms with Crippen LogP contribution in [0, 0.1) is 29.0 Å². The van der Waals surface area contributed by atoms with Crippen LogP contribution in [0.5, 0.6) is 5.75 Å². The van der Waals surface area contributed by atoms with Gasteiger partial charge in [0.15, 0.2) is 0 Å². The lowest BCUT2D eigenvalue weighted by atomic mass is 9.76. The number of amides is 1. The smallest absolute Gasteiger partial charge is 0.329 e. The quantitative estimate of drug-likeness (QED) is 0.691. The molecule has 6 heteroatoms. The molecule has 6 saturated carbocycles. The highest BCUT2D eigenvalue weighted by Crippen LogP contribution is 2.65. The van der Waals surface area contributed by atoms with Gasteiger partial charge in [-0.15, -0.1) is 0 Å². The zero-order chi connectivity index (χ0) is 21.5. The van der Waals surface area contributed by atoms with E-state index in [1.807, 2.05) is 0 Å². The van der Waals surface area contributed by atoms with Crippen LogP contribution >= 0.6 is 0 Å². The molecule has 5 nitrogen and oxygen atoms in total. The molecule has 31 heavy (non-hydrogen) atoms. The molecule has 6 aliphatic carbocycles. The van der Waals surface area contributed by atoms with Gasteiger partial charge in [0.2, 0.25) is 0 Å². The molecular formula is C25H30FNO4. The van der Waals surface area contributed by atoms with E-state index in [0.717, 1.165) is 36.2 Å². The molecule has 2 unspecified atom stereocenters. The van der Waals surface area contributed by atoms with Crippen molar-refractivity contribution in [2.24, 2.45) is 23.2 Å². The van der Waals surface area contributed by atoms with Crippen molar-refractivity contribution >= 4 is 11.9 Å². The molecule has 1 N–H and O–H groups in total. The predicted molar refractivity (Wildman–Crippen MR) is 112 cm³/mol. The Morgan fingerprint density at radius 1 is 1.16 bits per heavy atom. The van der Waals surface area contributed by atoms with Gasteiger partial charge in [-0.2, -0.15) is 0 Å². The maximum Gasteiger partial charge on any atom is 0.329 e. The number of ether oxygens (including phenoxy) is 1. The number of carboxylic acid groups (broad SMARTS) is 1. The van der Waals surface area contributed by atoms with Gasteiger partial charge in [0, 0.05) is 18.5 Å². The van der Waals surface area contributed by atoms with Crippen LogP contribution < -0.4 is 4.74 Å². The third-order valence-corrected chi connectivity index (χ3v) is 9.09. The number of carboxylic acids is 1. The van der Waals surface area contributed by atoms with Gasteiger partial charge < -0.3 is 14.7 Å². The number of carbonyl (C=O) groups is 2. The van der Waals surface area contributed by atoms with E-state index in [-0.39, 0.29) is 11.0 Å². The molecule has 0 heterocycles. The highest BCUT2D eigenvalue weighted by Gasteiger charge is 2.58. The minimum Gasteiger partial charge on any atom is -0.493 e. The maximum absolute atomic E-state index is 15.1. The van der Waals surface area contributed by atoms with Crippen LogP contribution in [0.2, 0.25) is 0 Å². The van der Waals surface area contributed by atoms with Gasteiger partial charge in [-0.1, -0.05) is 0 Å². The molecule has 6 fully saturated rings. The second-order valence-corrected chi connectivity index (χ2v) is 11.0. The molecule has 0 aliphatic heterocycles. The van der Waals surface area contributed by atoms with Gasteiger partial charge in [0.1, 0.15) is 17.1 Å². The highest BCUT2D eigenvalue weighted by molar-refractivity contribution is 5.99. The number of aliphatic carboxylic acids is 1. The maximum atomic E-state index is 15.1. The van der Waals surface area contributed by atoms with Crippen LogP contribution in [0.4, 0.5) is 4.39 Å². The summed E-state index contributed by atoms with van der Waals surface area (Å²) in [4.78, 5) is 25.8. The summed E-state index contributed by atoms with van der Waals surface area (Å²) in [6, 6.07) is 3.01. The summed E-state index contributed by atoms with van der Waals surface area (Å²) >= 11 is 0. The van der Waals surface area contributed by atoms with Crippen LogP contribution in [0.25, 0.3) is 0 Å². The number of likely N-dealkylation sites (N-methyl/N-ethyl adjacent to an activating group) is 1. The number of carbonyl (C=O) groups excluding carboxylic acids is 1. The van der Waals surface area contributed by atoms with Gasteiger partial charge in [0.05, 0.1) is 12.2 Å². The average molecular weight is 428 g/mol. The minimum atomic E-state index is -1.18. The molecule has 7 rings (SSSR count). The molecule has 1 aromatic rings. The van der Waals surface area contributed by atoms with E-state index < -0.39 is 23.2 Å². The molecule has 0 aromatic heterocycles. The topological polar surface area (TPSA) is 66.8 Å². The Balaban J connectivity index is 1.26. The third-order valence-electron chi connectivity index (χ3n) is 9.09. The summed E-state index contributed by atoms with van der Waals surface area (Å²) in [5, 5.41) is 9.50. The van der Waals surface area contributed by atoms with Gasteiger partial charge in [-0.25, -0.2) is 9.18 Å². The van der Waals surface area contributed by atoms with Crippen molar-refractivity contribution in [3.05, 3.63) is 29.1 Å². The fourth-order valence-electron chi connectivity index (χ4n) is 7.18. The van der Waals surface area contributed by atoms with E-state index in [1.165, 1.54) is 50.1 Å².